The van der Waals surface area contributed by atoms with Gasteiger partial charge in [-0.25, -0.2) is 0 Å². The van der Waals surface area contributed by atoms with E-state index in [4.69, 9.17) is 18.9 Å². The first kappa shape index (κ1) is 28.1. The number of rotatable bonds is 10. The summed E-state index contributed by atoms with van der Waals surface area (Å²) in [6.07, 6.45) is 6.24. The molecule has 42 heavy (non-hydrogen) atoms. The van der Waals surface area contributed by atoms with Crippen molar-refractivity contribution in [3.8, 4) is 23.0 Å². The van der Waals surface area contributed by atoms with Crippen molar-refractivity contribution >= 4 is 29.4 Å². The van der Waals surface area contributed by atoms with E-state index < -0.39 is 6.10 Å². The van der Waals surface area contributed by atoms with E-state index in [1.54, 1.807) is 43.5 Å². The number of hydrogen-bond acceptors (Lipinski definition) is 9. The van der Waals surface area contributed by atoms with Crippen LogP contribution in [0.4, 0.5) is 11.4 Å². The zero-order valence-corrected chi connectivity index (χ0v) is 24.1. The van der Waals surface area contributed by atoms with Crippen LogP contribution in [0, 0.1) is 0 Å². The summed E-state index contributed by atoms with van der Waals surface area (Å²) >= 11 is 0. The standard InChI is InChI=1S/C31H38N4O7/c1-39-26-12-22-24(32-16-19-7-6-8-34(19)30(22)37)14-28(26)41-9-4-3-5-10-42-29-15-25-23(13-27(29)40-2)31(38)35-18-21(36)11-20(35)17-33-25/h12-15,17,19-21,32,36H,3-11,16,18H2,1-2H3/t19-,20-,21?/m0/s1. The van der Waals surface area contributed by atoms with Crippen molar-refractivity contribution in [3.63, 3.8) is 0 Å². The molecule has 0 spiro atoms. The number of carbonyl (C=O) groups is 2. The third-order valence-electron chi connectivity index (χ3n) is 8.48. The second-order valence-electron chi connectivity index (χ2n) is 11.2. The van der Waals surface area contributed by atoms with Crippen molar-refractivity contribution in [3.05, 3.63) is 35.4 Å². The fourth-order valence-electron chi connectivity index (χ4n) is 6.24. The number of ether oxygens (including phenoxy) is 4. The van der Waals surface area contributed by atoms with E-state index in [0.29, 0.717) is 66.0 Å². The number of anilines is 1. The second-order valence-corrected chi connectivity index (χ2v) is 11.2. The molecule has 2 aromatic rings. The Balaban J connectivity index is 1.01. The molecule has 0 saturated carbocycles. The van der Waals surface area contributed by atoms with Crippen molar-refractivity contribution in [1.29, 1.82) is 0 Å². The second kappa shape index (κ2) is 12.1. The summed E-state index contributed by atoms with van der Waals surface area (Å²) in [4.78, 5) is 34.3. The molecule has 6 rings (SSSR count). The quantitative estimate of drug-likeness (QED) is 0.410. The Bertz CT molecular complexity index is 1380. The van der Waals surface area contributed by atoms with Gasteiger partial charge in [-0.05, 0) is 44.2 Å². The van der Waals surface area contributed by atoms with Crippen LogP contribution in [0.3, 0.4) is 0 Å². The van der Waals surface area contributed by atoms with E-state index in [1.165, 1.54) is 0 Å². The molecule has 2 amide bonds. The average Bonchev–Trinajstić information content (AvgIpc) is 3.57. The molecule has 0 aromatic heterocycles. The molecule has 4 heterocycles. The molecule has 0 radical (unpaired) electrons. The number of nitrogens with zero attached hydrogens (tertiary/aromatic N) is 3. The number of aliphatic imine (C=N–C) groups is 1. The Labute approximate surface area is 245 Å². The zero-order valence-electron chi connectivity index (χ0n) is 24.1. The van der Waals surface area contributed by atoms with Crippen LogP contribution in [0.1, 0.15) is 59.2 Å². The molecule has 4 aliphatic rings. The molecule has 3 atom stereocenters. The van der Waals surface area contributed by atoms with Crippen molar-refractivity contribution in [2.75, 3.05) is 52.4 Å². The van der Waals surface area contributed by atoms with E-state index in [2.05, 4.69) is 10.3 Å². The van der Waals surface area contributed by atoms with Gasteiger partial charge in [0.05, 0.1) is 62.1 Å². The Hall–Kier alpha value is -3.99. The molecular formula is C31H38N4O7. The molecule has 2 aromatic carbocycles. The minimum Gasteiger partial charge on any atom is -0.493 e. The maximum atomic E-state index is 13.1. The van der Waals surface area contributed by atoms with Crippen LogP contribution in [0.2, 0.25) is 0 Å². The Morgan fingerprint density at radius 3 is 2.33 bits per heavy atom. The number of amides is 2. The monoisotopic (exact) mass is 578 g/mol. The Kier molecular flexibility index (Phi) is 8.10. The van der Waals surface area contributed by atoms with Gasteiger partial charge in [0.25, 0.3) is 11.8 Å². The minimum atomic E-state index is -0.535. The topological polar surface area (TPSA) is 122 Å². The van der Waals surface area contributed by atoms with Crippen molar-refractivity contribution in [2.24, 2.45) is 4.99 Å². The van der Waals surface area contributed by atoms with Crippen molar-refractivity contribution in [2.45, 2.75) is 56.7 Å². The lowest BCUT2D eigenvalue weighted by molar-refractivity contribution is 0.0743. The Morgan fingerprint density at radius 2 is 1.60 bits per heavy atom. The molecule has 11 nitrogen and oxygen atoms in total. The molecule has 0 bridgehead atoms. The summed E-state index contributed by atoms with van der Waals surface area (Å²) in [7, 11) is 3.13. The van der Waals surface area contributed by atoms with E-state index in [0.717, 1.165) is 50.9 Å². The van der Waals surface area contributed by atoms with Crippen molar-refractivity contribution < 1.29 is 33.6 Å². The van der Waals surface area contributed by atoms with Gasteiger partial charge in [-0.15, -0.1) is 0 Å². The molecule has 4 aliphatic heterocycles. The number of unbranched alkanes of at least 4 members (excludes halogenated alkanes) is 2. The van der Waals surface area contributed by atoms with Gasteiger partial charge in [0.15, 0.2) is 23.0 Å². The highest BCUT2D eigenvalue weighted by Gasteiger charge is 2.37. The van der Waals surface area contributed by atoms with Crippen LogP contribution in [-0.4, -0.2) is 98.2 Å². The lowest BCUT2D eigenvalue weighted by Crippen LogP contribution is -2.36. The SMILES string of the molecule is COc1cc2c(cc1OCCCCCOc1cc3c(cc1OC)C(=O)N1CCC[C@H]1CN3)N=C[C@@H]1CC(O)CN1C2=O. The number of fused-ring (bicyclic) bond motifs is 4. The molecule has 0 aliphatic carbocycles. The lowest BCUT2D eigenvalue weighted by Gasteiger charge is -2.21. The molecule has 11 heteroatoms. The fourth-order valence-corrected chi connectivity index (χ4v) is 6.24. The number of nitrogens with one attached hydrogen (secondary N) is 1. The highest BCUT2D eigenvalue weighted by molar-refractivity contribution is 6.03. The number of benzene rings is 2. The van der Waals surface area contributed by atoms with Crippen LogP contribution in [0.5, 0.6) is 23.0 Å². The highest BCUT2D eigenvalue weighted by Crippen LogP contribution is 2.39. The number of methoxy groups -OCH3 is 2. The molecule has 2 N–H and O–H groups in total. The van der Waals surface area contributed by atoms with Gasteiger partial charge in [0.1, 0.15) is 0 Å². The number of hydrogen-bond donors (Lipinski definition) is 2. The molecule has 2 saturated heterocycles. The van der Waals surface area contributed by atoms with Crippen LogP contribution in [-0.2, 0) is 0 Å². The first-order chi connectivity index (χ1) is 20.5. The normalized spacial score (nSPS) is 22.4. The van der Waals surface area contributed by atoms with E-state index >= 15 is 0 Å². The van der Waals surface area contributed by atoms with Gasteiger partial charge in [-0.1, -0.05) is 0 Å². The molecule has 224 valence electrons. The number of carbonyl (C=O) groups excluding carboxylic acids is 2. The Morgan fingerprint density at radius 1 is 0.905 bits per heavy atom. The highest BCUT2D eigenvalue weighted by atomic mass is 16.5. The van der Waals surface area contributed by atoms with E-state index in [1.807, 2.05) is 11.0 Å². The number of aliphatic hydroxyl groups excluding tert-OH is 1. The van der Waals surface area contributed by atoms with Gasteiger partial charge < -0.3 is 39.2 Å². The first-order valence-corrected chi connectivity index (χ1v) is 14.7. The average molecular weight is 579 g/mol. The fraction of sp³-hybridized carbons (Fsp3) is 0.516. The zero-order chi connectivity index (χ0) is 29.2. The molecular weight excluding hydrogens is 540 g/mol. The third kappa shape index (κ3) is 5.45. The van der Waals surface area contributed by atoms with Crippen molar-refractivity contribution in [1.82, 2.24) is 9.80 Å². The summed E-state index contributed by atoms with van der Waals surface area (Å²) < 4.78 is 23.2. The lowest BCUT2D eigenvalue weighted by atomic mass is 10.1. The van der Waals surface area contributed by atoms with Gasteiger partial charge >= 0.3 is 0 Å². The summed E-state index contributed by atoms with van der Waals surface area (Å²) in [5.74, 6) is 2.07. The predicted molar refractivity (Wildman–Crippen MR) is 157 cm³/mol. The van der Waals surface area contributed by atoms with Crippen LogP contribution < -0.4 is 24.3 Å². The first-order valence-electron chi connectivity index (χ1n) is 14.7. The van der Waals surface area contributed by atoms with E-state index in [9.17, 15) is 14.7 Å². The van der Waals surface area contributed by atoms with Gasteiger partial charge in [0.2, 0.25) is 0 Å². The maximum Gasteiger partial charge on any atom is 0.256 e. The third-order valence-corrected chi connectivity index (χ3v) is 8.48. The van der Waals surface area contributed by atoms with Crippen LogP contribution >= 0.6 is 0 Å². The van der Waals surface area contributed by atoms with E-state index in [-0.39, 0.29) is 23.9 Å². The summed E-state index contributed by atoms with van der Waals surface area (Å²) in [5.41, 5.74) is 2.40. The predicted octanol–water partition coefficient (Wildman–Crippen LogP) is 3.65. The summed E-state index contributed by atoms with van der Waals surface area (Å²) in [6, 6.07) is 7.11. The number of aliphatic hydroxyl groups is 1. The van der Waals surface area contributed by atoms with Gasteiger partial charge in [0, 0.05) is 50.4 Å². The smallest absolute Gasteiger partial charge is 0.256 e. The summed E-state index contributed by atoms with van der Waals surface area (Å²) in [5, 5.41) is 13.4. The van der Waals surface area contributed by atoms with Crippen LogP contribution in [0.15, 0.2) is 29.3 Å². The molecule has 2 fully saturated rings. The minimum absolute atomic E-state index is 0.0482. The van der Waals surface area contributed by atoms with Gasteiger partial charge in [-0.2, -0.15) is 0 Å². The maximum absolute atomic E-state index is 13.1. The molecule has 1 unspecified atom stereocenters. The largest absolute Gasteiger partial charge is 0.493 e. The van der Waals surface area contributed by atoms with Crippen LogP contribution in [0.25, 0.3) is 0 Å². The van der Waals surface area contributed by atoms with Gasteiger partial charge in [-0.3, -0.25) is 14.6 Å². The summed E-state index contributed by atoms with van der Waals surface area (Å²) in [6.45, 7) is 2.81.